The van der Waals surface area contributed by atoms with E-state index in [-0.39, 0.29) is 43.4 Å². The van der Waals surface area contributed by atoms with Gasteiger partial charge in [0, 0.05) is 12.4 Å². The van der Waals surface area contributed by atoms with Crippen LogP contribution in [0.1, 0.15) is 103 Å². The highest BCUT2D eigenvalue weighted by Gasteiger charge is 2.28. The summed E-state index contributed by atoms with van der Waals surface area (Å²) < 4.78 is 0.216. The normalized spacial score (nSPS) is 11.8. The molecule has 0 aromatic heterocycles. The van der Waals surface area contributed by atoms with Gasteiger partial charge in [0.2, 0.25) is 0 Å². The average Bonchev–Trinajstić information content (AvgIpc) is 2.74. The van der Waals surface area contributed by atoms with Gasteiger partial charge in [-0.3, -0.25) is 9.59 Å². The largest absolute Gasteiger partial charge is 0.550 e. The summed E-state index contributed by atoms with van der Waals surface area (Å²) >= 11 is 0. The molecule has 0 radical (unpaired) electrons. The smallest absolute Gasteiger partial charge is 0.309 e. The van der Waals surface area contributed by atoms with Gasteiger partial charge in [-0.2, -0.15) is 0 Å². The number of carboxylic acids is 3. The quantitative estimate of drug-likeness (QED) is 0.136. The Hall–Kier alpha value is -1.89. The molecule has 7 heteroatoms. The van der Waals surface area contributed by atoms with Gasteiger partial charge in [-0.05, 0) is 38.5 Å². The minimum atomic E-state index is -1.19. The summed E-state index contributed by atoms with van der Waals surface area (Å²) in [6.45, 7) is 3.54. The van der Waals surface area contributed by atoms with Crippen LogP contribution in [0.3, 0.4) is 0 Å². The lowest BCUT2D eigenvalue weighted by Gasteiger charge is -2.38. The van der Waals surface area contributed by atoms with Crippen molar-refractivity contribution in [1.29, 1.82) is 0 Å². The third-order valence-electron chi connectivity index (χ3n) is 6.03. The van der Waals surface area contributed by atoms with Crippen LogP contribution < -0.4 is 5.11 Å². The lowest BCUT2D eigenvalue weighted by Crippen LogP contribution is -2.53. The number of rotatable bonds is 23. The molecule has 0 spiro atoms. The number of quaternary nitrogens is 1. The zero-order valence-corrected chi connectivity index (χ0v) is 20.1. The molecule has 0 amide bonds. The highest BCUT2D eigenvalue weighted by molar-refractivity contribution is 5.67. The monoisotopic (exact) mass is 455 g/mol. The van der Waals surface area contributed by atoms with E-state index in [1.165, 1.54) is 38.5 Å². The predicted octanol–water partition coefficient (Wildman–Crippen LogP) is 4.15. The van der Waals surface area contributed by atoms with Crippen molar-refractivity contribution in [2.45, 2.75) is 103 Å². The molecule has 186 valence electrons. The van der Waals surface area contributed by atoms with Crippen molar-refractivity contribution in [2.75, 3.05) is 26.2 Å². The first-order chi connectivity index (χ1) is 15.3. The number of allylic oxidation sites excluding steroid dienone is 2. The van der Waals surface area contributed by atoms with E-state index in [0.717, 1.165) is 38.5 Å². The van der Waals surface area contributed by atoms with Crippen LogP contribution in [0.2, 0.25) is 0 Å². The molecule has 0 saturated carbocycles. The standard InChI is InChI=1S/C25H45NO6/c1-2-3-4-5-6-7-8-9-10-11-12-13-14-15-19-26(20-16-23(27)28,21-17-24(29)30)22-18-25(31)32/h8-9H,2-7,10-22H2,1H3,(H2-,27,28,29,30,31,32)/b9-8+. The Balaban J connectivity index is 4.25. The molecule has 32 heavy (non-hydrogen) atoms. The second-order valence-electron chi connectivity index (χ2n) is 8.88. The highest BCUT2D eigenvalue weighted by atomic mass is 16.4. The third-order valence-corrected chi connectivity index (χ3v) is 6.03. The van der Waals surface area contributed by atoms with Crippen molar-refractivity contribution < 1.29 is 34.2 Å². The average molecular weight is 456 g/mol. The summed E-state index contributed by atoms with van der Waals surface area (Å²) in [5.74, 6) is -3.09. The van der Waals surface area contributed by atoms with E-state index in [2.05, 4.69) is 19.1 Å². The summed E-state index contributed by atoms with van der Waals surface area (Å²) in [6, 6.07) is 0. The Kier molecular flexibility index (Phi) is 18.6. The SMILES string of the molecule is CCCCCCC/C=C/CCCCCCC[N+](CCC(=O)[O-])(CCC(=O)O)CCC(=O)O. The molecule has 0 saturated heterocycles. The number of hydrogen-bond acceptors (Lipinski definition) is 4. The lowest BCUT2D eigenvalue weighted by atomic mass is 10.1. The van der Waals surface area contributed by atoms with Crippen LogP contribution in [0.4, 0.5) is 0 Å². The molecule has 0 heterocycles. The van der Waals surface area contributed by atoms with Crippen LogP contribution in [0.25, 0.3) is 0 Å². The maximum atomic E-state index is 11.1. The van der Waals surface area contributed by atoms with Crippen LogP contribution in [0, 0.1) is 0 Å². The molecule has 0 atom stereocenters. The molecule has 7 nitrogen and oxygen atoms in total. The van der Waals surface area contributed by atoms with Crippen LogP contribution in [-0.4, -0.2) is 58.8 Å². The summed E-state index contributed by atoms with van der Waals surface area (Å²) in [6.07, 6.45) is 18.1. The zero-order valence-electron chi connectivity index (χ0n) is 20.1. The van der Waals surface area contributed by atoms with Crippen LogP contribution in [0.5, 0.6) is 0 Å². The van der Waals surface area contributed by atoms with E-state index >= 15 is 0 Å². The van der Waals surface area contributed by atoms with E-state index < -0.39 is 17.9 Å². The van der Waals surface area contributed by atoms with Crippen LogP contribution in [-0.2, 0) is 14.4 Å². The van der Waals surface area contributed by atoms with Crippen molar-refractivity contribution in [3.05, 3.63) is 12.2 Å². The first kappa shape index (κ1) is 30.1. The molecule has 0 aliphatic rings. The van der Waals surface area contributed by atoms with Crippen molar-refractivity contribution in [3.8, 4) is 0 Å². The number of hydrogen-bond donors (Lipinski definition) is 2. The maximum absolute atomic E-state index is 11.1. The van der Waals surface area contributed by atoms with Crippen molar-refractivity contribution >= 4 is 17.9 Å². The molecule has 0 aliphatic carbocycles. The van der Waals surface area contributed by atoms with E-state index in [0.29, 0.717) is 6.54 Å². The Morgan fingerprint density at radius 3 is 1.56 bits per heavy atom. The fourth-order valence-electron chi connectivity index (χ4n) is 4.01. The van der Waals surface area contributed by atoms with Crippen LogP contribution >= 0.6 is 0 Å². The van der Waals surface area contributed by atoms with Gasteiger partial charge < -0.3 is 24.6 Å². The molecule has 0 fully saturated rings. The third kappa shape index (κ3) is 18.8. The molecule has 0 unspecified atom stereocenters. The maximum Gasteiger partial charge on any atom is 0.309 e. The van der Waals surface area contributed by atoms with Gasteiger partial charge in [0.15, 0.2) is 0 Å². The van der Waals surface area contributed by atoms with Gasteiger partial charge in [0.1, 0.15) is 0 Å². The predicted molar refractivity (Wildman–Crippen MR) is 124 cm³/mol. The van der Waals surface area contributed by atoms with E-state index in [9.17, 15) is 19.5 Å². The van der Waals surface area contributed by atoms with E-state index in [1.807, 2.05) is 0 Å². The zero-order chi connectivity index (χ0) is 24.1. The Morgan fingerprint density at radius 1 is 0.656 bits per heavy atom. The van der Waals surface area contributed by atoms with Gasteiger partial charge in [-0.15, -0.1) is 0 Å². The number of unbranched alkanes of at least 4 members (excludes halogenated alkanes) is 10. The summed E-state index contributed by atoms with van der Waals surface area (Å²) in [5, 5.41) is 29.1. The van der Waals surface area contributed by atoms with E-state index in [1.54, 1.807) is 0 Å². The Morgan fingerprint density at radius 2 is 1.09 bits per heavy atom. The number of nitrogens with zero attached hydrogens (tertiary/aromatic N) is 1. The molecule has 0 aromatic rings. The highest BCUT2D eigenvalue weighted by Crippen LogP contribution is 2.16. The van der Waals surface area contributed by atoms with Gasteiger partial charge in [0.05, 0.1) is 39.0 Å². The number of carbonyl (C=O) groups is 3. The molecule has 0 aromatic carbocycles. The summed E-state index contributed by atoms with van der Waals surface area (Å²) in [5.41, 5.74) is 0. The molecular weight excluding hydrogens is 410 g/mol. The minimum absolute atomic E-state index is 0.0996. The first-order valence-corrected chi connectivity index (χ1v) is 12.4. The van der Waals surface area contributed by atoms with Crippen molar-refractivity contribution in [2.24, 2.45) is 0 Å². The van der Waals surface area contributed by atoms with Crippen molar-refractivity contribution in [1.82, 2.24) is 0 Å². The second kappa shape index (κ2) is 19.8. The minimum Gasteiger partial charge on any atom is -0.550 e. The fourth-order valence-corrected chi connectivity index (χ4v) is 4.01. The molecule has 0 bridgehead atoms. The molecule has 2 N–H and O–H groups in total. The topological polar surface area (TPSA) is 115 Å². The second-order valence-corrected chi connectivity index (χ2v) is 8.88. The van der Waals surface area contributed by atoms with Gasteiger partial charge in [-0.1, -0.05) is 57.6 Å². The van der Waals surface area contributed by atoms with Gasteiger partial charge in [0.25, 0.3) is 0 Å². The van der Waals surface area contributed by atoms with Crippen LogP contribution in [0.15, 0.2) is 12.2 Å². The Bertz CT molecular complexity index is 501. The Labute approximate surface area is 194 Å². The van der Waals surface area contributed by atoms with Gasteiger partial charge in [-0.25, -0.2) is 0 Å². The number of carboxylic acid groups (broad SMARTS) is 3. The summed E-state index contributed by atoms with van der Waals surface area (Å²) in [7, 11) is 0. The first-order valence-electron chi connectivity index (χ1n) is 12.4. The summed E-state index contributed by atoms with van der Waals surface area (Å²) in [4.78, 5) is 33.1. The van der Waals surface area contributed by atoms with Gasteiger partial charge >= 0.3 is 11.9 Å². The molecule has 0 rings (SSSR count). The fraction of sp³-hybridized carbons (Fsp3) is 0.800. The molecular formula is C25H45NO6. The number of carbonyl (C=O) groups excluding carboxylic acids is 1. The van der Waals surface area contributed by atoms with Crippen molar-refractivity contribution in [3.63, 3.8) is 0 Å². The lowest BCUT2D eigenvalue weighted by molar-refractivity contribution is -0.927. The van der Waals surface area contributed by atoms with E-state index in [4.69, 9.17) is 10.2 Å². The molecule has 0 aliphatic heterocycles. The number of aliphatic carboxylic acids is 3.